The number of sulfonamides is 1. The Morgan fingerprint density at radius 1 is 0.968 bits per heavy atom. The van der Waals surface area contributed by atoms with E-state index < -0.39 is 10.0 Å². The van der Waals surface area contributed by atoms with E-state index in [1.165, 1.54) is 9.87 Å². The zero-order valence-corrected chi connectivity index (χ0v) is 18.7. The minimum atomic E-state index is -3.66. The van der Waals surface area contributed by atoms with E-state index in [1.807, 2.05) is 18.2 Å². The predicted molar refractivity (Wildman–Crippen MR) is 117 cm³/mol. The van der Waals surface area contributed by atoms with Gasteiger partial charge in [0.1, 0.15) is 0 Å². The number of nitrogens with zero attached hydrogens (tertiary/aromatic N) is 2. The molecule has 2 aromatic carbocycles. The molecule has 0 spiro atoms. The van der Waals surface area contributed by atoms with Gasteiger partial charge in [-0.1, -0.05) is 18.2 Å². The van der Waals surface area contributed by atoms with Gasteiger partial charge < -0.3 is 14.4 Å². The largest absolute Gasteiger partial charge is 0.490 e. The van der Waals surface area contributed by atoms with Crippen molar-refractivity contribution in [3.63, 3.8) is 0 Å². The maximum atomic E-state index is 13.2. The van der Waals surface area contributed by atoms with E-state index in [1.54, 1.807) is 34.9 Å². The third-order valence-electron chi connectivity index (χ3n) is 5.83. The van der Waals surface area contributed by atoms with Crippen LogP contribution in [0.1, 0.15) is 12.0 Å². The Kier molecular flexibility index (Phi) is 5.58. The highest BCUT2D eigenvalue weighted by molar-refractivity contribution is 8.01. The van der Waals surface area contributed by atoms with Gasteiger partial charge in [-0.25, -0.2) is 8.42 Å². The normalized spacial score (nSPS) is 21.4. The van der Waals surface area contributed by atoms with Gasteiger partial charge >= 0.3 is 0 Å². The van der Waals surface area contributed by atoms with Crippen LogP contribution in [0.5, 0.6) is 11.5 Å². The highest BCUT2D eigenvalue weighted by Crippen LogP contribution is 2.38. The zero-order valence-electron chi connectivity index (χ0n) is 17.0. The Morgan fingerprint density at radius 3 is 2.48 bits per heavy atom. The molecule has 31 heavy (non-hydrogen) atoms. The van der Waals surface area contributed by atoms with Crippen LogP contribution in [0.3, 0.4) is 0 Å². The lowest BCUT2D eigenvalue weighted by Gasteiger charge is -2.35. The molecule has 2 aromatic rings. The number of carbonyl (C=O) groups is 1. The van der Waals surface area contributed by atoms with E-state index in [-0.39, 0.29) is 29.1 Å². The number of ether oxygens (including phenoxy) is 2. The van der Waals surface area contributed by atoms with Crippen molar-refractivity contribution < 1.29 is 22.7 Å². The summed E-state index contributed by atoms with van der Waals surface area (Å²) < 4.78 is 39.0. The predicted octanol–water partition coefficient (Wildman–Crippen LogP) is 2.40. The molecule has 1 saturated heterocycles. The van der Waals surface area contributed by atoms with Crippen molar-refractivity contribution in [2.75, 3.05) is 39.4 Å². The first-order chi connectivity index (χ1) is 15.0. The fourth-order valence-electron chi connectivity index (χ4n) is 4.13. The number of fused-ring (bicyclic) bond motifs is 2. The average molecular weight is 461 g/mol. The monoisotopic (exact) mass is 460 g/mol. The molecular formula is C22H24N2O5S2. The molecule has 3 aliphatic heterocycles. The smallest absolute Gasteiger partial charge is 0.243 e. The molecule has 5 rings (SSSR count). The second-order valence-corrected chi connectivity index (χ2v) is 11.0. The number of thioether (sulfide) groups is 1. The molecule has 164 valence electrons. The first-order valence-electron chi connectivity index (χ1n) is 10.5. The Labute approximate surface area is 186 Å². The first kappa shape index (κ1) is 20.7. The van der Waals surface area contributed by atoms with Crippen LogP contribution < -0.4 is 9.47 Å². The summed E-state index contributed by atoms with van der Waals surface area (Å²) in [6, 6.07) is 12.9. The molecule has 9 heteroatoms. The molecule has 1 unspecified atom stereocenters. The summed E-state index contributed by atoms with van der Waals surface area (Å²) in [7, 11) is -3.66. The summed E-state index contributed by atoms with van der Waals surface area (Å²) in [4.78, 5) is 16.1. The second-order valence-electron chi connectivity index (χ2n) is 7.81. The standard InChI is InChI=1S/C22H24N2O5S2/c25-22(21-14-16-4-1-2-5-20(16)30-21)23-8-10-24(11-9-23)31(26,27)17-6-7-18-19(15-17)29-13-3-12-28-18/h1-2,4-7,15,21H,3,8-14H2. The topological polar surface area (TPSA) is 76.2 Å². The van der Waals surface area contributed by atoms with Gasteiger partial charge in [0.05, 0.1) is 23.4 Å². The SMILES string of the molecule is O=C(C1Cc2ccccc2S1)N1CCN(S(=O)(=O)c2ccc3c(c2)OCCCO3)CC1. The minimum absolute atomic E-state index is 0.0915. The number of benzene rings is 2. The maximum Gasteiger partial charge on any atom is 0.243 e. The van der Waals surface area contributed by atoms with Crippen molar-refractivity contribution in [1.29, 1.82) is 0 Å². The number of rotatable bonds is 3. The summed E-state index contributed by atoms with van der Waals surface area (Å²) in [6.07, 6.45) is 1.49. The number of hydrogen-bond acceptors (Lipinski definition) is 6. The summed E-state index contributed by atoms with van der Waals surface area (Å²) in [5.41, 5.74) is 1.21. The molecule has 0 saturated carbocycles. The van der Waals surface area contributed by atoms with Crippen LogP contribution in [0.2, 0.25) is 0 Å². The maximum absolute atomic E-state index is 13.2. The molecule has 3 aliphatic rings. The van der Waals surface area contributed by atoms with E-state index in [2.05, 4.69) is 6.07 Å². The molecule has 0 N–H and O–H groups in total. The summed E-state index contributed by atoms with van der Waals surface area (Å²) in [5.74, 6) is 1.13. The molecule has 0 aromatic heterocycles. The Hall–Kier alpha value is -2.23. The highest BCUT2D eigenvalue weighted by Gasteiger charge is 2.35. The number of piperazine rings is 1. The molecule has 0 radical (unpaired) electrons. The van der Waals surface area contributed by atoms with Crippen molar-refractivity contribution in [3.8, 4) is 11.5 Å². The lowest BCUT2D eigenvalue weighted by molar-refractivity contribution is -0.131. The van der Waals surface area contributed by atoms with Crippen molar-refractivity contribution >= 4 is 27.7 Å². The van der Waals surface area contributed by atoms with Gasteiger partial charge in [0.15, 0.2) is 11.5 Å². The molecule has 1 fully saturated rings. The van der Waals surface area contributed by atoms with E-state index in [9.17, 15) is 13.2 Å². The number of hydrogen-bond donors (Lipinski definition) is 0. The van der Waals surface area contributed by atoms with Gasteiger partial charge in [0.25, 0.3) is 0 Å². The van der Waals surface area contributed by atoms with Gasteiger partial charge in [-0.05, 0) is 30.2 Å². The van der Waals surface area contributed by atoms with Crippen LogP contribution in [0.25, 0.3) is 0 Å². The van der Waals surface area contributed by atoms with Crippen molar-refractivity contribution in [1.82, 2.24) is 9.21 Å². The Balaban J connectivity index is 1.24. The van der Waals surface area contributed by atoms with E-state index >= 15 is 0 Å². The summed E-state index contributed by atoms with van der Waals surface area (Å²) in [5, 5.41) is -0.123. The molecule has 0 aliphatic carbocycles. The summed E-state index contributed by atoms with van der Waals surface area (Å²) >= 11 is 1.61. The Bertz CT molecular complexity index is 1070. The number of amides is 1. The molecule has 3 heterocycles. The van der Waals surface area contributed by atoms with Crippen LogP contribution in [0, 0.1) is 0 Å². The zero-order chi connectivity index (χ0) is 21.4. The third kappa shape index (κ3) is 4.02. The fraction of sp³-hybridized carbons (Fsp3) is 0.409. The number of carbonyl (C=O) groups excluding carboxylic acids is 1. The van der Waals surface area contributed by atoms with Gasteiger partial charge in [-0.15, -0.1) is 11.8 Å². The summed E-state index contributed by atoms with van der Waals surface area (Å²) in [6.45, 7) is 2.42. The first-order valence-corrected chi connectivity index (χ1v) is 12.8. The van der Waals surface area contributed by atoms with Gasteiger partial charge in [-0.2, -0.15) is 4.31 Å². The fourth-order valence-corrected chi connectivity index (χ4v) is 6.84. The van der Waals surface area contributed by atoms with Crippen molar-refractivity contribution in [2.24, 2.45) is 0 Å². The van der Waals surface area contributed by atoms with Crippen molar-refractivity contribution in [3.05, 3.63) is 48.0 Å². The average Bonchev–Trinajstić information content (AvgIpc) is 3.09. The molecule has 7 nitrogen and oxygen atoms in total. The lowest BCUT2D eigenvalue weighted by atomic mass is 10.1. The van der Waals surface area contributed by atoms with E-state index in [4.69, 9.17) is 9.47 Å². The second kappa shape index (κ2) is 8.37. The quantitative estimate of drug-likeness (QED) is 0.700. The van der Waals surface area contributed by atoms with E-state index in [0.717, 1.165) is 17.7 Å². The molecule has 1 amide bonds. The molecule has 0 bridgehead atoms. The molecule has 1 atom stereocenters. The highest BCUT2D eigenvalue weighted by atomic mass is 32.2. The van der Waals surface area contributed by atoms with Crippen LogP contribution in [-0.4, -0.2) is 68.2 Å². The minimum Gasteiger partial charge on any atom is -0.490 e. The van der Waals surface area contributed by atoms with Gasteiger partial charge in [0.2, 0.25) is 15.9 Å². The van der Waals surface area contributed by atoms with Crippen LogP contribution in [0.15, 0.2) is 52.3 Å². The Morgan fingerprint density at radius 2 is 1.71 bits per heavy atom. The molecular weight excluding hydrogens is 436 g/mol. The lowest BCUT2D eigenvalue weighted by Crippen LogP contribution is -2.52. The van der Waals surface area contributed by atoms with Crippen LogP contribution in [-0.2, 0) is 21.2 Å². The van der Waals surface area contributed by atoms with Gasteiger partial charge in [0, 0.05) is 43.6 Å². The third-order valence-corrected chi connectivity index (χ3v) is 9.03. The van der Waals surface area contributed by atoms with Crippen LogP contribution >= 0.6 is 11.8 Å². The van der Waals surface area contributed by atoms with Crippen LogP contribution in [0.4, 0.5) is 0 Å². The van der Waals surface area contributed by atoms with E-state index in [0.29, 0.717) is 37.8 Å². The van der Waals surface area contributed by atoms with Gasteiger partial charge in [-0.3, -0.25) is 4.79 Å². The van der Waals surface area contributed by atoms with Crippen molar-refractivity contribution in [2.45, 2.75) is 27.9 Å².